The van der Waals surface area contributed by atoms with Crippen molar-refractivity contribution in [1.29, 1.82) is 0 Å². The van der Waals surface area contributed by atoms with Crippen molar-refractivity contribution in [2.75, 3.05) is 19.6 Å². The molecule has 0 saturated carbocycles. The molecule has 0 spiro atoms. The molecule has 12 heavy (non-hydrogen) atoms. The number of rotatable bonds is 5. The molecule has 0 heterocycles. The van der Waals surface area contributed by atoms with Gasteiger partial charge in [0.25, 0.3) is 0 Å². The van der Waals surface area contributed by atoms with E-state index in [4.69, 9.17) is 5.73 Å². The average Bonchev–Trinajstić information content (AvgIpc) is 2.10. The minimum atomic E-state index is -0.444. The lowest BCUT2D eigenvalue weighted by Gasteiger charge is -2.01. The van der Waals surface area contributed by atoms with Crippen LogP contribution in [0.2, 0.25) is 0 Å². The molecule has 0 atom stereocenters. The fraction of sp³-hybridized carbons (Fsp3) is 0.500. The van der Waals surface area contributed by atoms with Crippen molar-refractivity contribution >= 4 is 18.1 Å². The van der Waals surface area contributed by atoms with Crippen molar-refractivity contribution in [3.8, 4) is 0 Å². The molecule has 0 aliphatic rings. The van der Waals surface area contributed by atoms with Gasteiger partial charge in [-0.25, -0.2) is 0 Å². The van der Waals surface area contributed by atoms with Gasteiger partial charge in [-0.05, 0) is 0 Å². The molecule has 0 aromatic heterocycles. The first-order valence-electron chi connectivity index (χ1n) is 3.29. The number of nitrogens with two attached hydrogens (primary N) is 1. The normalized spacial score (nSPS) is 8.75. The molecule has 0 bridgehead atoms. The van der Waals surface area contributed by atoms with E-state index in [1.807, 2.05) is 0 Å². The second kappa shape index (κ2) is 6.29. The summed E-state index contributed by atoms with van der Waals surface area (Å²) in [5, 5.41) is 4.43. The molecule has 0 saturated heterocycles. The van der Waals surface area contributed by atoms with Crippen LogP contribution in [0.5, 0.6) is 0 Å². The Labute approximate surface area is 69.5 Å². The van der Waals surface area contributed by atoms with Gasteiger partial charge in [0.05, 0.1) is 19.6 Å². The van der Waals surface area contributed by atoms with Crippen molar-refractivity contribution in [2.45, 2.75) is 0 Å². The largest absolute Gasteiger partial charge is 0.347 e. The van der Waals surface area contributed by atoms with Gasteiger partial charge in [0.2, 0.25) is 18.1 Å². The molecule has 6 nitrogen and oxygen atoms in total. The number of amides is 2. The second-order valence-electron chi connectivity index (χ2n) is 1.90. The summed E-state index contributed by atoms with van der Waals surface area (Å²) in [7, 11) is 0. The fourth-order valence-corrected chi connectivity index (χ4v) is 0.448. The smallest absolute Gasteiger partial charge is 0.239 e. The first kappa shape index (κ1) is 10.6. The van der Waals surface area contributed by atoms with Crippen molar-refractivity contribution < 1.29 is 14.4 Å². The maximum atomic E-state index is 10.7. The molecule has 0 aliphatic heterocycles. The highest BCUT2D eigenvalue weighted by Crippen LogP contribution is 1.63. The van der Waals surface area contributed by atoms with Gasteiger partial charge >= 0.3 is 0 Å². The van der Waals surface area contributed by atoms with Crippen LogP contribution in [-0.4, -0.2) is 37.7 Å². The van der Waals surface area contributed by atoms with Crippen molar-refractivity contribution in [2.24, 2.45) is 5.73 Å². The van der Waals surface area contributed by atoms with E-state index in [1.54, 1.807) is 0 Å². The first-order valence-corrected chi connectivity index (χ1v) is 3.29. The first-order chi connectivity index (χ1) is 5.70. The molecule has 0 aliphatic carbocycles. The summed E-state index contributed by atoms with van der Waals surface area (Å²) in [4.78, 5) is 30.8. The summed E-state index contributed by atoms with van der Waals surface area (Å²) in [5.41, 5.74) is 4.95. The van der Waals surface area contributed by atoms with Crippen LogP contribution in [0, 0.1) is 0 Å². The molecule has 4 N–H and O–H groups in total. The highest BCUT2D eigenvalue weighted by molar-refractivity contribution is 5.86. The van der Waals surface area contributed by atoms with E-state index in [-0.39, 0.29) is 19.6 Å². The Bertz CT molecular complexity index is 181. The predicted molar refractivity (Wildman–Crippen MR) is 40.8 cm³/mol. The second-order valence-corrected chi connectivity index (χ2v) is 1.90. The third kappa shape index (κ3) is 5.36. The van der Waals surface area contributed by atoms with Gasteiger partial charge in [0.15, 0.2) is 0 Å². The molecule has 0 unspecified atom stereocenters. The zero-order chi connectivity index (χ0) is 9.40. The van der Waals surface area contributed by atoms with Crippen LogP contribution in [0.3, 0.4) is 0 Å². The van der Waals surface area contributed by atoms with Gasteiger partial charge in [-0.2, -0.15) is 0 Å². The standard InChI is InChI=1S/C6H10N3O3/c7-3-5(11)9-4-6(12)8-1-2-10/h1,3-4,7H2,(H,8,12)(H,9,11). The van der Waals surface area contributed by atoms with Gasteiger partial charge in [0.1, 0.15) is 0 Å². The van der Waals surface area contributed by atoms with Crippen LogP contribution >= 0.6 is 0 Å². The Hall–Kier alpha value is -1.43. The van der Waals surface area contributed by atoms with Gasteiger partial charge in [0, 0.05) is 0 Å². The molecule has 0 fully saturated rings. The summed E-state index contributed by atoms with van der Waals surface area (Å²) < 4.78 is 0. The lowest BCUT2D eigenvalue weighted by molar-refractivity contribution is -0.125. The van der Waals surface area contributed by atoms with Gasteiger partial charge in [-0.15, -0.1) is 0 Å². The lowest BCUT2D eigenvalue weighted by Crippen LogP contribution is -2.39. The van der Waals surface area contributed by atoms with Crippen molar-refractivity contribution in [3.63, 3.8) is 0 Å². The number of nitrogens with one attached hydrogen (secondary N) is 2. The van der Waals surface area contributed by atoms with Gasteiger partial charge in [-0.1, -0.05) is 0 Å². The molecule has 0 aromatic carbocycles. The minimum Gasteiger partial charge on any atom is -0.347 e. The quantitative estimate of drug-likeness (QED) is 0.419. The molecular formula is C6H10N3O3. The SMILES string of the molecule is NCC(=O)NCC(=O)NC[C]=O. The summed E-state index contributed by atoms with van der Waals surface area (Å²) >= 11 is 0. The molecule has 2 amide bonds. The van der Waals surface area contributed by atoms with Crippen LogP contribution < -0.4 is 16.4 Å². The molecule has 6 heteroatoms. The Morgan fingerprint density at radius 3 is 2.42 bits per heavy atom. The summed E-state index contributed by atoms with van der Waals surface area (Å²) in [6.45, 7) is -0.498. The van der Waals surface area contributed by atoms with E-state index in [1.165, 1.54) is 6.29 Å². The Morgan fingerprint density at radius 2 is 1.92 bits per heavy atom. The maximum absolute atomic E-state index is 10.7. The van der Waals surface area contributed by atoms with Crippen molar-refractivity contribution in [1.82, 2.24) is 10.6 Å². The monoisotopic (exact) mass is 172 g/mol. The van der Waals surface area contributed by atoms with Crippen LogP contribution in [0.1, 0.15) is 0 Å². The Morgan fingerprint density at radius 1 is 1.25 bits per heavy atom. The zero-order valence-corrected chi connectivity index (χ0v) is 6.42. The van der Waals surface area contributed by atoms with E-state index in [2.05, 4.69) is 10.6 Å². The average molecular weight is 172 g/mol. The van der Waals surface area contributed by atoms with Gasteiger partial charge < -0.3 is 16.4 Å². The van der Waals surface area contributed by atoms with Crippen LogP contribution in [0.25, 0.3) is 0 Å². The summed E-state index contributed by atoms with van der Waals surface area (Å²) in [6.07, 6.45) is 1.48. The molecule has 0 aromatic rings. The van der Waals surface area contributed by atoms with E-state index < -0.39 is 11.8 Å². The van der Waals surface area contributed by atoms with E-state index in [0.29, 0.717) is 0 Å². The van der Waals surface area contributed by atoms with Gasteiger partial charge in [-0.3, -0.25) is 14.4 Å². The van der Waals surface area contributed by atoms with E-state index in [0.717, 1.165) is 0 Å². The van der Waals surface area contributed by atoms with E-state index >= 15 is 0 Å². The highest BCUT2D eigenvalue weighted by Gasteiger charge is 2.01. The fourth-order valence-electron chi connectivity index (χ4n) is 0.448. The third-order valence-corrected chi connectivity index (χ3v) is 0.989. The lowest BCUT2D eigenvalue weighted by atomic mass is 10.5. The highest BCUT2D eigenvalue weighted by atomic mass is 16.2. The third-order valence-electron chi connectivity index (χ3n) is 0.989. The summed E-state index contributed by atoms with van der Waals surface area (Å²) in [6, 6.07) is 0. The minimum absolute atomic E-state index is 0.160. The molecule has 67 valence electrons. The van der Waals surface area contributed by atoms with Crippen LogP contribution in [-0.2, 0) is 14.4 Å². The number of hydrogen-bond acceptors (Lipinski definition) is 4. The Balaban J connectivity index is 3.43. The molecule has 1 radical (unpaired) electrons. The van der Waals surface area contributed by atoms with Crippen LogP contribution in [0.4, 0.5) is 0 Å². The predicted octanol–water partition coefficient (Wildman–Crippen LogP) is -2.71. The zero-order valence-electron chi connectivity index (χ0n) is 6.42. The van der Waals surface area contributed by atoms with Crippen LogP contribution in [0.15, 0.2) is 0 Å². The molecular weight excluding hydrogens is 162 g/mol. The number of hydrogen-bond donors (Lipinski definition) is 3. The summed E-state index contributed by atoms with van der Waals surface area (Å²) in [5.74, 6) is -0.861. The number of carbonyl (C=O) groups is 2. The maximum Gasteiger partial charge on any atom is 0.239 e. The van der Waals surface area contributed by atoms with E-state index in [9.17, 15) is 14.4 Å². The topological polar surface area (TPSA) is 101 Å². The Kier molecular flexibility index (Phi) is 5.54. The van der Waals surface area contributed by atoms with Crippen molar-refractivity contribution in [3.05, 3.63) is 0 Å². The molecule has 0 rings (SSSR count). The number of carbonyl (C=O) groups excluding carboxylic acids is 3.